The molecule has 0 radical (unpaired) electrons. The molecule has 0 saturated carbocycles. The van der Waals surface area contributed by atoms with Gasteiger partial charge in [-0.3, -0.25) is 15.0 Å². The van der Waals surface area contributed by atoms with Gasteiger partial charge in [0, 0.05) is 24.7 Å². The number of nitrogens with zero attached hydrogens (tertiary/aromatic N) is 2. The summed E-state index contributed by atoms with van der Waals surface area (Å²) in [6.45, 7) is 6.23. The molecule has 0 atom stereocenters. The largest absolute Gasteiger partial charge is 0.317 e. The molecule has 1 aliphatic heterocycles. The first-order valence-corrected chi connectivity index (χ1v) is 6.89. The molecule has 1 heterocycles. The number of nitro groups is 1. The zero-order chi connectivity index (χ0) is 13.7. The molecular formula is C14H21N3O2. The first-order valence-electron chi connectivity index (χ1n) is 6.89. The maximum absolute atomic E-state index is 10.6. The van der Waals surface area contributed by atoms with E-state index in [1.165, 1.54) is 12.8 Å². The summed E-state index contributed by atoms with van der Waals surface area (Å²) in [6.07, 6.45) is 2.36. The summed E-state index contributed by atoms with van der Waals surface area (Å²) in [5.41, 5.74) is 1.31. The first-order chi connectivity index (χ1) is 9.20. The molecule has 5 heteroatoms. The van der Waals surface area contributed by atoms with Crippen LogP contribution in [0.1, 0.15) is 25.3 Å². The summed E-state index contributed by atoms with van der Waals surface area (Å²) in [5.74, 6) is 0. The Hall–Kier alpha value is -1.46. The maximum atomic E-state index is 10.6. The van der Waals surface area contributed by atoms with Crippen molar-refractivity contribution < 1.29 is 4.92 Å². The second-order valence-corrected chi connectivity index (χ2v) is 4.97. The molecule has 1 aliphatic rings. The van der Waals surface area contributed by atoms with Gasteiger partial charge in [0.1, 0.15) is 0 Å². The van der Waals surface area contributed by atoms with Crippen molar-refractivity contribution in [1.29, 1.82) is 0 Å². The van der Waals surface area contributed by atoms with E-state index in [0.29, 0.717) is 6.04 Å². The van der Waals surface area contributed by atoms with Crippen molar-refractivity contribution in [3.05, 3.63) is 39.9 Å². The Balaban J connectivity index is 1.99. The van der Waals surface area contributed by atoms with Gasteiger partial charge in [-0.1, -0.05) is 19.1 Å². The number of hydrogen-bond donors (Lipinski definition) is 1. The highest BCUT2D eigenvalue weighted by atomic mass is 16.6. The van der Waals surface area contributed by atoms with Crippen molar-refractivity contribution in [1.82, 2.24) is 10.2 Å². The van der Waals surface area contributed by atoms with Crippen LogP contribution in [0.3, 0.4) is 0 Å². The van der Waals surface area contributed by atoms with Crippen molar-refractivity contribution in [2.75, 3.05) is 19.6 Å². The summed E-state index contributed by atoms with van der Waals surface area (Å²) in [5, 5.41) is 14.0. The van der Waals surface area contributed by atoms with E-state index in [1.807, 2.05) is 12.1 Å². The van der Waals surface area contributed by atoms with Gasteiger partial charge in [-0.25, -0.2) is 0 Å². The molecule has 1 aromatic rings. The molecule has 19 heavy (non-hydrogen) atoms. The Morgan fingerprint density at radius 2 is 1.95 bits per heavy atom. The quantitative estimate of drug-likeness (QED) is 0.653. The molecule has 0 unspecified atom stereocenters. The molecular weight excluding hydrogens is 242 g/mol. The van der Waals surface area contributed by atoms with E-state index in [9.17, 15) is 10.1 Å². The lowest BCUT2D eigenvalue weighted by Crippen LogP contribution is -2.42. The van der Waals surface area contributed by atoms with Crippen LogP contribution in [0.5, 0.6) is 0 Å². The third kappa shape index (κ3) is 3.75. The third-order valence-electron chi connectivity index (χ3n) is 3.76. The minimum Gasteiger partial charge on any atom is -0.317 e. The number of non-ortho nitro benzene ring substituents is 1. The normalized spacial score (nSPS) is 16.7. The van der Waals surface area contributed by atoms with Gasteiger partial charge < -0.3 is 5.32 Å². The average molecular weight is 263 g/mol. The molecule has 1 aromatic carbocycles. The highest BCUT2D eigenvalue weighted by Gasteiger charge is 2.19. The number of nitro benzene ring substituents is 1. The third-order valence-corrected chi connectivity index (χ3v) is 3.76. The van der Waals surface area contributed by atoms with Crippen LogP contribution >= 0.6 is 0 Å². The lowest BCUT2D eigenvalue weighted by atomic mass is 10.0. The number of benzene rings is 1. The number of hydrogen-bond acceptors (Lipinski definition) is 4. The van der Waals surface area contributed by atoms with E-state index in [-0.39, 0.29) is 10.6 Å². The molecule has 1 saturated heterocycles. The van der Waals surface area contributed by atoms with Gasteiger partial charge >= 0.3 is 0 Å². The van der Waals surface area contributed by atoms with Crippen LogP contribution in [0, 0.1) is 10.1 Å². The van der Waals surface area contributed by atoms with Crippen LogP contribution in [0.4, 0.5) is 5.69 Å². The van der Waals surface area contributed by atoms with Crippen LogP contribution in [0.2, 0.25) is 0 Å². The van der Waals surface area contributed by atoms with E-state index in [0.717, 1.165) is 31.7 Å². The lowest BCUT2D eigenvalue weighted by molar-refractivity contribution is -0.384. The molecule has 104 valence electrons. The van der Waals surface area contributed by atoms with Crippen molar-refractivity contribution in [3.8, 4) is 0 Å². The fourth-order valence-electron chi connectivity index (χ4n) is 2.63. The highest BCUT2D eigenvalue weighted by Crippen LogP contribution is 2.17. The summed E-state index contributed by atoms with van der Waals surface area (Å²) in [7, 11) is 0. The van der Waals surface area contributed by atoms with Gasteiger partial charge in [0.25, 0.3) is 5.69 Å². The van der Waals surface area contributed by atoms with Crippen LogP contribution in [-0.4, -0.2) is 35.5 Å². The molecule has 5 nitrogen and oxygen atoms in total. The van der Waals surface area contributed by atoms with Crippen molar-refractivity contribution in [2.24, 2.45) is 0 Å². The Kier molecular flexibility index (Phi) is 4.87. The first kappa shape index (κ1) is 14.0. The minimum absolute atomic E-state index is 0.161. The molecule has 0 amide bonds. The number of piperidine rings is 1. The monoisotopic (exact) mass is 263 g/mol. The Labute approximate surface area is 113 Å². The second-order valence-electron chi connectivity index (χ2n) is 4.97. The summed E-state index contributed by atoms with van der Waals surface area (Å²) < 4.78 is 0. The van der Waals surface area contributed by atoms with E-state index in [1.54, 1.807) is 12.1 Å². The predicted octanol–water partition coefficient (Wildman–Crippen LogP) is 2.17. The molecule has 0 bridgehead atoms. The lowest BCUT2D eigenvalue weighted by Gasteiger charge is -2.33. The molecule has 1 N–H and O–H groups in total. The fourth-order valence-corrected chi connectivity index (χ4v) is 2.63. The summed E-state index contributed by atoms with van der Waals surface area (Å²) >= 11 is 0. The van der Waals surface area contributed by atoms with Gasteiger partial charge in [-0.15, -0.1) is 0 Å². The molecule has 0 aliphatic carbocycles. The Bertz CT molecular complexity index is 413. The van der Waals surface area contributed by atoms with E-state index >= 15 is 0 Å². The Morgan fingerprint density at radius 1 is 1.32 bits per heavy atom. The SMILES string of the molecule is CCN(Cc1ccc([N+](=O)[O-])cc1)C1CCNCC1. The van der Waals surface area contributed by atoms with Gasteiger partial charge in [0.05, 0.1) is 4.92 Å². The minimum atomic E-state index is -0.353. The van der Waals surface area contributed by atoms with Gasteiger partial charge in [-0.05, 0) is 38.0 Å². The molecule has 0 spiro atoms. The average Bonchev–Trinajstić information content (AvgIpc) is 2.46. The van der Waals surface area contributed by atoms with Crippen LogP contribution in [0.25, 0.3) is 0 Å². The predicted molar refractivity (Wildman–Crippen MR) is 75.1 cm³/mol. The summed E-state index contributed by atoms with van der Waals surface area (Å²) in [4.78, 5) is 12.7. The highest BCUT2D eigenvalue weighted by molar-refractivity contribution is 5.32. The Morgan fingerprint density at radius 3 is 2.47 bits per heavy atom. The molecule has 0 aromatic heterocycles. The van der Waals surface area contributed by atoms with Crippen LogP contribution in [-0.2, 0) is 6.54 Å². The van der Waals surface area contributed by atoms with E-state index in [2.05, 4.69) is 17.1 Å². The smallest absolute Gasteiger partial charge is 0.269 e. The van der Waals surface area contributed by atoms with Gasteiger partial charge in [0.2, 0.25) is 0 Å². The standard InChI is InChI=1S/C14H21N3O2/c1-2-16(13-7-9-15-10-8-13)11-12-3-5-14(6-4-12)17(18)19/h3-6,13,15H,2,7-11H2,1H3. The molecule has 2 rings (SSSR count). The van der Waals surface area contributed by atoms with Crippen LogP contribution in [0.15, 0.2) is 24.3 Å². The number of rotatable bonds is 5. The second kappa shape index (κ2) is 6.63. The van der Waals surface area contributed by atoms with Gasteiger partial charge in [-0.2, -0.15) is 0 Å². The van der Waals surface area contributed by atoms with Gasteiger partial charge in [0.15, 0.2) is 0 Å². The zero-order valence-corrected chi connectivity index (χ0v) is 11.3. The molecule has 1 fully saturated rings. The number of nitrogens with one attached hydrogen (secondary N) is 1. The zero-order valence-electron chi connectivity index (χ0n) is 11.3. The fraction of sp³-hybridized carbons (Fsp3) is 0.571. The van der Waals surface area contributed by atoms with Crippen LogP contribution < -0.4 is 5.32 Å². The van der Waals surface area contributed by atoms with Crippen molar-refractivity contribution in [2.45, 2.75) is 32.4 Å². The van der Waals surface area contributed by atoms with E-state index in [4.69, 9.17) is 0 Å². The maximum Gasteiger partial charge on any atom is 0.269 e. The summed E-state index contributed by atoms with van der Waals surface area (Å²) in [6, 6.07) is 7.53. The van der Waals surface area contributed by atoms with Crippen molar-refractivity contribution in [3.63, 3.8) is 0 Å². The van der Waals surface area contributed by atoms with Crippen molar-refractivity contribution >= 4 is 5.69 Å². The topological polar surface area (TPSA) is 58.4 Å². The van der Waals surface area contributed by atoms with E-state index < -0.39 is 0 Å².